The summed E-state index contributed by atoms with van der Waals surface area (Å²) in [5, 5.41) is -0.509. The molecule has 0 radical (unpaired) electrons. The van der Waals surface area contributed by atoms with E-state index in [2.05, 4.69) is 18.8 Å². The Morgan fingerprint density at radius 1 is 1.50 bits per heavy atom. The van der Waals surface area contributed by atoms with Gasteiger partial charge in [0.25, 0.3) is 5.24 Å². The van der Waals surface area contributed by atoms with Crippen LogP contribution in [0.3, 0.4) is 0 Å². The van der Waals surface area contributed by atoms with E-state index in [1.54, 1.807) is 12.3 Å². The molecular formula is C9H10ClNO. The SMILES string of the molecule is CC(C)c1ccc(C(=O)Cl)nc1. The second kappa shape index (κ2) is 3.68. The van der Waals surface area contributed by atoms with Crippen molar-refractivity contribution in [2.24, 2.45) is 0 Å². The molecule has 0 atom stereocenters. The lowest BCUT2D eigenvalue weighted by atomic mass is 10.1. The van der Waals surface area contributed by atoms with E-state index >= 15 is 0 Å². The van der Waals surface area contributed by atoms with Crippen LogP contribution >= 0.6 is 11.6 Å². The summed E-state index contributed by atoms with van der Waals surface area (Å²) in [5.74, 6) is 0.428. The predicted molar refractivity (Wildman–Crippen MR) is 48.5 cm³/mol. The molecule has 0 N–H and O–H groups in total. The van der Waals surface area contributed by atoms with E-state index in [0.717, 1.165) is 5.56 Å². The number of hydrogen-bond acceptors (Lipinski definition) is 2. The molecule has 1 rings (SSSR count). The predicted octanol–water partition coefficient (Wildman–Crippen LogP) is 2.58. The van der Waals surface area contributed by atoms with Crippen molar-refractivity contribution in [3.05, 3.63) is 29.6 Å². The Hall–Kier alpha value is -0.890. The molecule has 0 aliphatic heterocycles. The molecule has 2 nitrogen and oxygen atoms in total. The van der Waals surface area contributed by atoms with E-state index < -0.39 is 5.24 Å². The molecule has 12 heavy (non-hydrogen) atoms. The van der Waals surface area contributed by atoms with Crippen LogP contribution in [0.4, 0.5) is 0 Å². The van der Waals surface area contributed by atoms with Gasteiger partial charge in [-0.3, -0.25) is 9.78 Å². The fraction of sp³-hybridized carbons (Fsp3) is 0.333. The van der Waals surface area contributed by atoms with Gasteiger partial charge in [-0.05, 0) is 29.1 Å². The first kappa shape index (κ1) is 9.20. The highest BCUT2D eigenvalue weighted by atomic mass is 35.5. The average Bonchev–Trinajstić information content (AvgIpc) is 2.04. The molecule has 0 unspecified atom stereocenters. The van der Waals surface area contributed by atoms with Gasteiger partial charge in [0.1, 0.15) is 5.69 Å². The van der Waals surface area contributed by atoms with Gasteiger partial charge in [-0.2, -0.15) is 0 Å². The number of pyridine rings is 1. The van der Waals surface area contributed by atoms with Gasteiger partial charge in [0.15, 0.2) is 0 Å². The number of hydrogen-bond donors (Lipinski definition) is 0. The van der Waals surface area contributed by atoms with Crippen LogP contribution in [-0.4, -0.2) is 10.2 Å². The number of nitrogens with zero attached hydrogens (tertiary/aromatic N) is 1. The molecule has 0 amide bonds. The summed E-state index contributed by atoms with van der Waals surface area (Å²) < 4.78 is 0. The largest absolute Gasteiger partial charge is 0.274 e. The fourth-order valence-corrected chi connectivity index (χ4v) is 0.975. The third-order valence-electron chi connectivity index (χ3n) is 1.65. The van der Waals surface area contributed by atoms with Crippen molar-refractivity contribution in [3.63, 3.8) is 0 Å². The van der Waals surface area contributed by atoms with Crippen molar-refractivity contribution in [3.8, 4) is 0 Å². The van der Waals surface area contributed by atoms with Crippen molar-refractivity contribution in [1.29, 1.82) is 0 Å². The number of halogens is 1. The Labute approximate surface area is 76.6 Å². The number of aromatic nitrogens is 1. The quantitative estimate of drug-likeness (QED) is 0.660. The molecular weight excluding hydrogens is 174 g/mol. The van der Waals surface area contributed by atoms with Crippen LogP contribution in [-0.2, 0) is 0 Å². The lowest BCUT2D eigenvalue weighted by Gasteiger charge is -2.03. The Morgan fingerprint density at radius 2 is 2.17 bits per heavy atom. The average molecular weight is 184 g/mol. The minimum absolute atomic E-state index is 0.307. The van der Waals surface area contributed by atoms with Crippen molar-refractivity contribution in [2.45, 2.75) is 19.8 Å². The summed E-state index contributed by atoms with van der Waals surface area (Å²) in [7, 11) is 0. The molecule has 0 aromatic carbocycles. The van der Waals surface area contributed by atoms with Gasteiger partial charge in [-0.1, -0.05) is 19.9 Å². The molecule has 0 saturated heterocycles. The van der Waals surface area contributed by atoms with Gasteiger partial charge in [0.05, 0.1) is 0 Å². The summed E-state index contributed by atoms with van der Waals surface area (Å²) in [6.07, 6.45) is 1.68. The van der Waals surface area contributed by atoms with Gasteiger partial charge in [0, 0.05) is 6.20 Å². The number of carbonyl (C=O) groups excluding carboxylic acids is 1. The van der Waals surface area contributed by atoms with Crippen LogP contribution in [0.25, 0.3) is 0 Å². The van der Waals surface area contributed by atoms with Crippen molar-refractivity contribution >= 4 is 16.8 Å². The summed E-state index contributed by atoms with van der Waals surface area (Å²) >= 11 is 5.23. The summed E-state index contributed by atoms with van der Waals surface area (Å²) in [6, 6.07) is 3.51. The molecule has 0 spiro atoms. The molecule has 3 heteroatoms. The lowest BCUT2D eigenvalue weighted by molar-refractivity contribution is 0.107. The minimum atomic E-state index is -0.509. The van der Waals surface area contributed by atoms with Crippen LogP contribution < -0.4 is 0 Å². The zero-order valence-corrected chi connectivity index (χ0v) is 7.80. The van der Waals surface area contributed by atoms with E-state index in [0.29, 0.717) is 11.6 Å². The molecule has 1 aromatic heterocycles. The summed E-state index contributed by atoms with van der Waals surface area (Å²) in [4.78, 5) is 14.5. The normalized spacial score (nSPS) is 10.3. The van der Waals surface area contributed by atoms with Gasteiger partial charge in [0.2, 0.25) is 0 Å². The van der Waals surface area contributed by atoms with E-state index in [1.807, 2.05) is 6.07 Å². The molecule has 0 fully saturated rings. The van der Waals surface area contributed by atoms with Crippen LogP contribution in [0.5, 0.6) is 0 Å². The summed E-state index contributed by atoms with van der Waals surface area (Å²) in [5.41, 5.74) is 1.41. The third-order valence-corrected chi connectivity index (χ3v) is 1.85. The highest BCUT2D eigenvalue weighted by Crippen LogP contribution is 2.13. The van der Waals surface area contributed by atoms with Gasteiger partial charge >= 0.3 is 0 Å². The molecule has 64 valence electrons. The van der Waals surface area contributed by atoms with Crippen LogP contribution in [0, 0.1) is 0 Å². The van der Waals surface area contributed by atoms with E-state index in [1.165, 1.54) is 0 Å². The van der Waals surface area contributed by atoms with Crippen LogP contribution in [0.1, 0.15) is 35.8 Å². The van der Waals surface area contributed by atoms with Gasteiger partial charge in [-0.15, -0.1) is 0 Å². The maximum Gasteiger partial charge on any atom is 0.270 e. The Morgan fingerprint density at radius 3 is 2.50 bits per heavy atom. The number of carbonyl (C=O) groups is 1. The van der Waals surface area contributed by atoms with Gasteiger partial charge in [-0.25, -0.2) is 0 Å². The zero-order valence-electron chi connectivity index (χ0n) is 7.04. The molecule has 1 aromatic rings. The first-order valence-electron chi connectivity index (χ1n) is 3.77. The first-order chi connectivity index (χ1) is 5.61. The standard InChI is InChI=1S/C9H10ClNO/c1-6(2)7-3-4-8(9(10)12)11-5-7/h3-6H,1-2H3. The smallest absolute Gasteiger partial charge is 0.270 e. The molecule has 1 heterocycles. The van der Waals surface area contributed by atoms with E-state index in [4.69, 9.17) is 11.6 Å². The Balaban J connectivity index is 2.93. The topological polar surface area (TPSA) is 30.0 Å². The monoisotopic (exact) mass is 183 g/mol. The van der Waals surface area contributed by atoms with Crippen molar-refractivity contribution in [2.75, 3.05) is 0 Å². The minimum Gasteiger partial charge on any atom is -0.274 e. The fourth-order valence-electron chi connectivity index (χ4n) is 0.863. The third kappa shape index (κ3) is 2.05. The molecule has 0 bridgehead atoms. The second-order valence-corrected chi connectivity index (χ2v) is 3.25. The highest BCUT2D eigenvalue weighted by molar-refractivity contribution is 6.67. The zero-order chi connectivity index (χ0) is 9.14. The number of rotatable bonds is 2. The second-order valence-electron chi connectivity index (χ2n) is 2.91. The van der Waals surface area contributed by atoms with E-state index in [-0.39, 0.29) is 0 Å². The summed E-state index contributed by atoms with van der Waals surface area (Å²) in [6.45, 7) is 4.14. The maximum atomic E-state index is 10.6. The first-order valence-corrected chi connectivity index (χ1v) is 4.15. The molecule has 0 aliphatic carbocycles. The lowest BCUT2D eigenvalue weighted by Crippen LogP contribution is -1.95. The van der Waals surface area contributed by atoms with E-state index in [9.17, 15) is 4.79 Å². The van der Waals surface area contributed by atoms with Crippen molar-refractivity contribution < 1.29 is 4.79 Å². The van der Waals surface area contributed by atoms with Crippen molar-refractivity contribution in [1.82, 2.24) is 4.98 Å². The Bertz CT molecular complexity index is 279. The van der Waals surface area contributed by atoms with Crippen LogP contribution in [0.15, 0.2) is 18.3 Å². The Kier molecular flexibility index (Phi) is 2.82. The van der Waals surface area contributed by atoms with Crippen LogP contribution in [0.2, 0.25) is 0 Å². The molecule has 0 aliphatic rings. The van der Waals surface area contributed by atoms with Gasteiger partial charge < -0.3 is 0 Å². The maximum absolute atomic E-state index is 10.6. The highest BCUT2D eigenvalue weighted by Gasteiger charge is 2.03. The molecule has 0 saturated carbocycles.